The Morgan fingerprint density at radius 1 is 1.18 bits per heavy atom. The summed E-state index contributed by atoms with van der Waals surface area (Å²) in [6.45, 7) is 1.77. The third-order valence-corrected chi connectivity index (χ3v) is 3.43. The highest BCUT2D eigenvalue weighted by Crippen LogP contribution is 2.36. The summed E-state index contributed by atoms with van der Waals surface area (Å²) in [6, 6.07) is 7.26. The standard InChI is InChI=1S/C13H15NO3/c1-14-8-6-13(7-9-14)16-11-5-3-2-4-10(11)12(15)17-13/h2-5H,6-9H2,1H3. The molecule has 0 unspecified atom stereocenters. The molecular formula is C13H15NO3. The van der Waals surface area contributed by atoms with E-state index in [1.165, 1.54) is 0 Å². The normalized spacial score (nSPS) is 22.8. The SMILES string of the molecule is CN1CCC2(CC1)OC(=O)c1ccccc1O2. The highest BCUT2D eigenvalue weighted by atomic mass is 16.7. The van der Waals surface area contributed by atoms with Crippen LogP contribution in [0.25, 0.3) is 0 Å². The van der Waals surface area contributed by atoms with Gasteiger partial charge in [-0.25, -0.2) is 4.79 Å². The number of hydrogen-bond acceptors (Lipinski definition) is 4. The second-order valence-corrected chi connectivity index (χ2v) is 4.70. The second-order valence-electron chi connectivity index (χ2n) is 4.70. The lowest BCUT2D eigenvalue weighted by atomic mass is 10.0. The van der Waals surface area contributed by atoms with Crippen LogP contribution in [0.15, 0.2) is 24.3 Å². The van der Waals surface area contributed by atoms with Gasteiger partial charge >= 0.3 is 5.97 Å². The number of carbonyl (C=O) groups excluding carboxylic acids is 1. The van der Waals surface area contributed by atoms with Crippen LogP contribution in [0.5, 0.6) is 5.75 Å². The van der Waals surface area contributed by atoms with Crippen LogP contribution in [0.2, 0.25) is 0 Å². The largest absolute Gasteiger partial charge is 0.451 e. The van der Waals surface area contributed by atoms with Crippen LogP contribution in [0.3, 0.4) is 0 Å². The molecule has 1 spiro atoms. The third kappa shape index (κ3) is 1.78. The first-order valence-corrected chi connectivity index (χ1v) is 5.88. The van der Waals surface area contributed by atoms with Gasteiger partial charge in [-0.3, -0.25) is 0 Å². The van der Waals surface area contributed by atoms with E-state index in [-0.39, 0.29) is 5.97 Å². The molecule has 0 saturated carbocycles. The predicted molar refractivity (Wildman–Crippen MR) is 61.9 cm³/mol. The van der Waals surface area contributed by atoms with Crippen molar-refractivity contribution in [1.82, 2.24) is 4.90 Å². The first-order valence-electron chi connectivity index (χ1n) is 5.88. The molecule has 0 radical (unpaired) electrons. The van der Waals surface area contributed by atoms with Crippen LogP contribution >= 0.6 is 0 Å². The van der Waals surface area contributed by atoms with Crippen molar-refractivity contribution in [2.45, 2.75) is 18.6 Å². The van der Waals surface area contributed by atoms with Crippen molar-refractivity contribution in [1.29, 1.82) is 0 Å². The van der Waals surface area contributed by atoms with Gasteiger partial charge in [0, 0.05) is 25.9 Å². The third-order valence-electron chi connectivity index (χ3n) is 3.43. The van der Waals surface area contributed by atoms with E-state index in [1.54, 1.807) is 6.07 Å². The summed E-state index contributed by atoms with van der Waals surface area (Å²) in [5.74, 6) is -0.359. The number of para-hydroxylation sites is 1. The fourth-order valence-electron chi connectivity index (χ4n) is 2.33. The van der Waals surface area contributed by atoms with Crippen molar-refractivity contribution in [2.24, 2.45) is 0 Å². The maximum Gasteiger partial charge on any atom is 0.345 e. The van der Waals surface area contributed by atoms with Gasteiger partial charge in [-0.05, 0) is 19.2 Å². The minimum absolute atomic E-state index is 0.267. The Bertz CT molecular complexity index is 450. The lowest BCUT2D eigenvalue weighted by Gasteiger charge is -2.42. The van der Waals surface area contributed by atoms with Gasteiger partial charge in [0.25, 0.3) is 5.79 Å². The van der Waals surface area contributed by atoms with E-state index in [0.717, 1.165) is 25.9 Å². The van der Waals surface area contributed by atoms with E-state index < -0.39 is 5.79 Å². The zero-order chi connectivity index (χ0) is 11.9. The summed E-state index contributed by atoms with van der Waals surface area (Å²) >= 11 is 0. The number of hydrogen-bond donors (Lipinski definition) is 0. The average Bonchev–Trinajstić information content (AvgIpc) is 2.34. The van der Waals surface area contributed by atoms with E-state index in [0.29, 0.717) is 11.3 Å². The zero-order valence-corrected chi connectivity index (χ0v) is 9.81. The summed E-state index contributed by atoms with van der Waals surface area (Å²) in [4.78, 5) is 14.1. The Morgan fingerprint density at radius 3 is 2.65 bits per heavy atom. The quantitative estimate of drug-likeness (QED) is 0.639. The summed E-state index contributed by atoms with van der Waals surface area (Å²) < 4.78 is 11.4. The molecule has 1 aromatic carbocycles. The molecule has 3 rings (SSSR count). The van der Waals surface area contributed by atoms with Gasteiger partial charge in [0.1, 0.15) is 11.3 Å². The highest BCUT2D eigenvalue weighted by molar-refractivity contribution is 5.93. The Kier molecular flexibility index (Phi) is 2.33. The van der Waals surface area contributed by atoms with Gasteiger partial charge in [0.2, 0.25) is 0 Å². The molecule has 1 saturated heterocycles. The van der Waals surface area contributed by atoms with Gasteiger partial charge in [-0.2, -0.15) is 0 Å². The molecule has 0 aliphatic carbocycles. The Hall–Kier alpha value is -1.55. The molecule has 17 heavy (non-hydrogen) atoms. The smallest absolute Gasteiger partial charge is 0.345 e. The predicted octanol–water partition coefficient (Wildman–Crippen LogP) is 1.66. The fourth-order valence-corrected chi connectivity index (χ4v) is 2.33. The number of rotatable bonds is 0. The maximum absolute atomic E-state index is 11.9. The molecular weight excluding hydrogens is 218 g/mol. The van der Waals surface area contributed by atoms with Crippen LogP contribution in [0.1, 0.15) is 23.2 Å². The van der Waals surface area contributed by atoms with Crippen LogP contribution < -0.4 is 4.74 Å². The maximum atomic E-state index is 11.9. The lowest BCUT2D eigenvalue weighted by molar-refractivity contribution is -0.179. The van der Waals surface area contributed by atoms with Gasteiger partial charge in [0.15, 0.2) is 0 Å². The first kappa shape index (κ1) is 10.6. The van der Waals surface area contributed by atoms with Crippen molar-refractivity contribution in [3.05, 3.63) is 29.8 Å². The van der Waals surface area contributed by atoms with E-state index in [9.17, 15) is 4.79 Å². The molecule has 0 amide bonds. The van der Waals surface area contributed by atoms with Crippen molar-refractivity contribution in [3.8, 4) is 5.75 Å². The lowest BCUT2D eigenvalue weighted by Crippen LogP contribution is -2.51. The highest BCUT2D eigenvalue weighted by Gasteiger charge is 2.44. The van der Waals surface area contributed by atoms with Crippen LogP contribution in [-0.2, 0) is 4.74 Å². The molecule has 4 nitrogen and oxygen atoms in total. The van der Waals surface area contributed by atoms with Crippen molar-refractivity contribution < 1.29 is 14.3 Å². The number of piperidine rings is 1. The molecule has 0 aromatic heterocycles. The number of likely N-dealkylation sites (tertiary alicyclic amines) is 1. The van der Waals surface area contributed by atoms with Crippen LogP contribution in [0.4, 0.5) is 0 Å². The number of nitrogens with zero attached hydrogens (tertiary/aromatic N) is 1. The summed E-state index contributed by atoms with van der Waals surface area (Å²) in [5, 5.41) is 0. The molecule has 0 N–H and O–H groups in total. The zero-order valence-electron chi connectivity index (χ0n) is 9.81. The minimum atomic E-state index is -0.738. The van der Waals surface area contributed by atoms with Gasteiger partial charge in [-0.1, -0.05) is 12.1 Å². The van der Waals surface area contributed by atoms with E-state index in [4.69, 9.17) is 9.47 Å². The van der Waals surface area contributed by atoms with Gasteiger partial charge < -0.3 is 14.4 Å². The summed E-state index contributed by atoms with van der Waals surface area (Å²) in [5.41, 5.74) is 0.525. The van der Waals surface area contributed by atoms with Crippen LogP contribution in [0, 0.1) is 0 Å². The number of fused-ring (bicyclic) bond motifs is 1. The molecule has 1 fully saturated rings. The molecule has 2 aliphatic heterocycles. The molecule has 2 heterocycles. The average molecular weight is 233 g/mol. The molecule has 4 heteroatoms. The number of carbonyl (C=O) groups is 1. The Balaban J connectivity index is 1.91. The monoisotopic (exact) mass is 233 g/mol. The van der Waals surface area contributed by atoms with Crippen molar-refractivity contribution in [3.63, 3.8) is 0 Å². The van der Waals surface area contributed by atoms with E-state index in [2.05, 4.69) is 11.9 Å². The molecule has 1 aromatic rings. The summed E-state index contributed by atoms with van der Waals surface area (Å²) in [6.07, 6.45) is 1.45. The fraction of sp³-hybridized carbons (Fsp3) is 0.462. The Morgan fingerprint density at radius 2 is 1.88 bits per heavy atom. The first-order chi connectivity index (χ1) is 8.19. The van der Waals surface area contributed by atoms with E-state index in [1.807, 2.05) is 18.2 Å². The number of benzene rings is 1. The van der Waals surface area contributed by atoms with Crippen molar-refractivity contribution in [2.75, 3.05) is 20.1 Å². The van der Waals surface area contributed by atoms with Crippen LogP contribution in [-0.4, -0.2) is 36.8 Å². The summed E-state index contributed by atoms with van der Waals surface area (Å²) in [7, 11) is 2.06. The minimum Gasteiger partial charge on any atom is -0.451 e. The number of ether oxygens (including phenoxy) is 2. The second kappa shape index (κ2) is 3.74. The number of esters is 1. The Labute approximate surface area is 100 Å². The molecule has 2 aliphatic rings. The topological polar surface area (TPSA) is 38.8 Å². The molecule has 90 valence electrons. The van der Waals surface area contributed by atoms with Gasteiger partial charge in [-0.15, -0.1) is 0 Å². The molecule has 0 bridgehead atoms. The van der Waals surface area contributed by atoms with E-state index >= 15 is 0 Å². The van der Waals surface area contributed by atoms with Crippen molar-refractivity contribution >= 4 is 5.97 Å². The molecule has 0 atom stereocenters. The van der Waals surface area contributed by atoms with Gasteiger partial charge in [0.05, 0.1) is 0 Å².